The first-order chi connectivity index (χ1) is 20.0. The van der Waals surface area contributed by atoms with E-state index in [9.17, 15) is 24.3 Å². The van der Waals surface area contributed by atoms with E-state index in [1.54, 1.807) is 0 Å². The van der Waals surface area contributed by atoms with Crippen molar-refractivity contribution in [2.45, 2.75) is 50.7 Å². The van der Waals surface area contributed by atoms with Crippen molar-refractivity contribution in [2.75, 3.05) is 6.54 Å². The van der Waals surface area contributed by atoms with Crippen LogP contribution in [0.3, 0.4) is 0 Å². The predicted octanol–water partition coefficient (Wildman–Crippen LogP) is 2.05. The minimum Gasteiger partial charge on any atom is -0.480 e. The van der Waals surface area contributed by atoms with Crippen LogP contribution in [0.4, 0.5) is 0 Å². The van der Waals surface area contributed by atoms with Crippen LogP contribution >= 0.6 is 22.6 Å². The maximum Gasteiger partial charge on any atom is 0.326 e. The molecule has 0 heterocycles. The van der Waals surface area contributed by atoms with Crippen molar-refractivity contribution >= 4 is 63.0 Å². The van der Waals surface area contributed by atoms with Crippen molar-refractivity contribution in [3.63, 3.8) is 0 Å². The molecule has 12 heteroatoms. The molecule has 11 nitrogen and oxygen atoms in total. The van der Waals surface area contributed by atoms with Gasteiger partial charge in [-0.15, -0.1) is 0 Å². The third-order valence-electron chi connectivity index (χ3n) is 6.53. The van der Waals surface area contributed by atoms with Gasteiger partial charge in [0, 0.05) is 29.9 Å². The molecule has 3 aromatic carbocycles. The van der Waals surface area contributed by atoms with Gasteiger partial charge in [0.15, 0.2) is 5.96 Å². The summed E-state index contributed by atoms with van der Waals surface area (Å²) >= 11 is 2.17. The minimum atomic E-state index is -1.24. The Bertz CT molecular complexity index is 1430. The van der Waals surface area contributed by atoms with Gasteiger partial charge >= 0.3 is 5.97 Å². The number of halogens is 1. The number of nitrogens with two attached hydrogens (primary N) is 1. The summed E-state index contributed by atoms with van der Waals surface area (Å²) in [6.07, 6.45) is 0.723. The summed E-state index contributed by atoms with van der Waals surface area (Å²) < 4.78 is 1.02. The quantitative estimate of drug-likeness (QED) is 0.0586. The number of carboxylic acids is 1. The molecule has 0 aliphatic heterocycles. The zero-order chi connectivity index (χ0) is 30.6. The van der Waals surface area contributed by atoms with E-state index in [4.69, 9.17) is 11.1 Å². The number of carboxylic acid groups (broad SMARTS) is 1. The molecule has 0 spiro atoms. The van der Waals surface area contributed by atoms with E-state index in [-0.39, 0.29) is 31.8 Å². The SMILES string of the molecule is CC(=O)N[C@H](Cc1ccc(I)cc1)C(=O)N[C@H](CCCNC(=N)N)C(=O)N[C@@H](Cc1ccc2ccccc2c1)C(=O)O. The monoisotopic (exact) mass is 686 g/mol. The van der Waals surface area contributed by atoms with Crippen molar-refractivity contribution in [1.82, 2.24) is 21.3 Å². The van der Waals surface area contributed by atoms with Crippen LogP contribution < -0.4 is 27.0 Å². The summed E-state index contributed by atoms with van der Waals surface area (Å²) in [5.41, 5.74) is 6.89. The number of nitrogens with one attached hydrogen (secondary N) is 5. The van der Waals surface area contributed by atoms with Gasteiger partial charge in [-0.25, -0.2) is 4.79 Å². The van der Waals surface area contributed by atoms with Crippen LogP contribution in [0.1, 0.15) is 30.9 Å². The molecule has 3 aromatic rings. The minimum absolute atomic E-state index is 0.0415. The maximum absolute atomic E-state index is 13.4. The van der Waals surface area contributed by atoms with Crippen LogP contribution in [-0.2, 0) is 32.0 Å². The standard InChI is InChI=1S/C30H35IN6O5/c1-18(38)35-25(16-19-9-12-23(31)13-10-19)28(40)36-24(7-4-14-34-30(32)33)27(39)37-26(29(41)42)17-20-8-11-21-5-2-3-6-22(21)15-20/h2-3,5-6,8-13,15,24-26H,4,7,14,16-17H2,1H3,(H,35,38)(H,36,40)(H,37,39)(H,41,42)(H4,32,33,34)/t24-,25-,26+/m1/s1. The summed E-state index contributed by atoms with van der Waals surface area (Å²) in [4.78, 5) is 50.8. The van der Waals surface area contributed by atoms with E-state index < -0.39 is 41.8 Å². The lowest BCUT2D eigenvalue weighted by molar-refractivity contribution is -0.142. The number of carbonyl (C=O) groups is 4. The maximum atomic E-state index is 13.4. The molecule has 3 atom stereocenters. The average Bonchev–Trinajstić information content (AvgIpc) is 2.94. The first kappa shape index (κ1) is 32.3. The smallest absolute Gasteiger partial charge is 0.326 e. The van der Waals surface area contributed by atoms with Gasteiger partial charge in [-0.3, -0.25) is 19.8 Å². The predicted molar refractivity (Wildman–Crippen MR) is 169 cm³/mol. The number of benzene rings is 3. The normalized spacial score (nSPS) is 12.9. The van der Waals surface area contributed by atoms with E-state index in [2.05, 4.69) is 43.9 Å². The Balaban J connectivity index is 1.76. The summed E-state index contributed by atoms with van der Waals surface area (Å²) in [6.45, 7) is 1.57. The van der Waals surface area contributed by atoms with Crippen LogP contribution in [0.5, 0.6) is 0 Å². The van der Waals surface area contributed by atoms with Gasteiger partial charge in [0.05, 0.1) is 0 Å². The van der Waals surface area contributed by atoms with Crippen molar-refractivity contribution in [3.05, 3.63) is 81.4 Å². The molecule has 0 unspecified atom stereocenters. The molecule has 3 amide bonds. The molecule has 222 valence electrons. The number of aliphatic carboxylic acids is 1. The van der Waals surface area contributed by atoms with Gasteiger partial charge in [0.1, 0.15) is 18.1 Å². The van der Waals surface area contributed by atoms with Crippen LogP contribution in [-0.4, -0.2) is 59.4 Å². The Morgan fingerprint density at radius 1 is 0.833 bits per heavy atom. The zero-order valence-corrected chi connectivity index (χ0v) is 25.3. The van der Waals surface area contributed by atoms with Crippen molar-refractivity contribution in [2.24, 2.45) is 5.73 Å². The highest BCUT2D eigenvalue weighted by Gasteiger charge is 2.29. The first-order valence-electron chi connectivity index (χ1n) is 13.4. The fraction of sp³-hybridized carbons (Fsp3) is 0.300. The van der Waals surface area contributed by atoms with E-state index in [1.807, 2.05) is 66.7 Å². The Morgan fingerprint density at radius 3 is 2.07 bits per heavy atom. The number of guanidine groups is 1. The molecule has 0 radical (unpaired) electrons. The third-order valence-corrected chi connectivity index (χ3v) is 7.25. The fourth-order valence-corrected chi connectivity index (χ4v) is 4.81. The number of amides is 3. The van der Waals surface area contributed by atoms with Crippen molar-refractivity contribution in [3.8, 4) is 0 Å². The highest BCUT2D eigenvalue weighted by Crippen LogP contribution is 2.17. The van der Waals surface area contributed by atoms with Crippen molar-refractivity contribution < 1.29 is 24.3 Å². The molecule has 0 saturated carbocycles. The van der Waals surface area contributed by atoms with E-state index in [1.165, 1.54) is 6.92 Å². The average molecular weight is 687 g/mol. The molecule has 8 N–H and O–H groups in total. The van der Waals surface area contributed by atoms with E-state index in [0.29, 0.717) is 6.42 Å². The van der Waals surface area contributed by atoms with Gasteiger partial charge < -0.3 is 32.1 Å². The zero-order valence-electron chi connectivity index (χ0n) is 23.2. The lowest BCUT2D eigenvalue weighted by Gasteiger charge is -2.25. The summed E-state index contributed by atoms with van der Waals surface area (Å²) in [6, 6.07) is 17.5. The number of carbonyl (C=O) groups excluding carboxylic acids is 3. The molecule has 3 rings (SSSR count). The van der Waals surface area contributed by atoms with Crippen LogP contribution in [0.25, 0.3) is 10.8 Å². The summed E-state index contributed by atoms with van der Waals surface area (Å²) in [5.74, 6) is -3.10. The molecule has 0 aliphatic rings. The second-order valence-electron chi connectivity index (χ2n) is 9.91. The number of hydrogen-bond donors (Lipinski definition) is 7. The van der Waals surface area contributed by atoms with Crippen LogP contribution in [0.15, 0.2) is 66.7 Å². The molecular formula is C30H35IN6O5. The second-order valence-corrected chi connectivity index (χ2v) is 11.2. The Kier molecular flexibility index (Phi) is 12.1. The molecule has 0 aromatic heterocycles. The molecule has 0 fully saturated rings. The van der Waals surface area contributed by atoms with Crippen molar-refractivity contribution in [1.29, 1.82) is 5.41 Å². The van der Waals surface area contributed by atoms with Gasteiger partial charge in [-0.1, -0.05) is 54.6 Å². The molecule has 0 saturated heterocycles. The van der Waals surface area contributed by atoms with Gasteiger partial charge in [-0.05, 0) is 69.5 Å². The lowest BCUT2D eigenvalue weighted by Crippen LogP contribution is -2.56. The van der Waals surface area contributed by atoms with E-state index >= 15 is 0 Å². The lowest BCUT2D eigenvalue weighted by atomic mass is 10.0. The topological polar surface area (TPSA) is 186 Å². The summed E-state index contributed by atoms with van der Waals surface area (Å²) in [7, 11) is 0. The Morgan fingerprint density at radius 2 is 1.43 bits per heavy atom. The highest BCUT2D eigenvalue weighted by molar-refractivity contribution is 14.1. The Hall–Kier alpha value is -4.20. The van der Waals surface area contributed by atoms with E-state index in [0.717, 1.165) is 25.5 Å². The number of fused-ring (bicyclic) bond motifs is 1. The third kappa shape index (κ3) is 10.3. The summed E-state index contributed by atoms with van der Waals surface area (Å²) in [5, 5.41) is 29.8. The molecule has 42 heavy (non-hydrogen) atoms. The van der Waals surface area contributed by atoms with Gasteiger partial charge in [0.25, 0.3) is 0 Å². The number of hydrogen-bond acceptors (Lipinski definition) is 5. The molecule has 0 bridgehead atoms. The van der Waals surface area contributed by atoms with Crippen LogP contribution in [0, 0.1) is 8.98 Å². The van der Waals surface area contributed by atoms with Gasteiger partial charge in [-0.2, -0.15) is 0 Å². The molecule has 0 aliphatic carbocycles. The molecular weight excluding hydrogens is 651 g/mol. The number of rotatable bonds is 14. The second kappa shape index (κ2) is 15.7. The fourth-order valence-electron chi connectivity index (χ4n) is 4.46. The Labute approximate surface area is 257 Å². The largest absolute Gasteiger partial charge is 0.480 e. The first-order valence-corrected chi connectivity index (χ1v) is 14.5. The highest BCUT2D eigenvalue weighted by atomic mass is 127. The van der Waals surface area contributed by atoms with Crippen LogP contribution in [0.2, 0.25) is 0 Å². The van der Waals surface area contributed by atoms with Gasteiger partial charge in [0.2, 0.25) is 17.7 Å².